The Kier molecular flexibility index (Phi) is 5.08. The Morgan fingerprint density at radius 3 is 1.42 bits per heavy atom. The third-order valence-electron chi connectivity index (χ3n) is 6.06. The minimum atomic E-state index is 0.992. The topological polar surface area (TPSA) is 0 Å². The third-order valence-corrected chi connectivity index (χ3v) is 9.03. The predicted molar refractivity (Wildman–Crippen MR) is 111 cm³/mol. The van der Waals surface area contributed by atoms with Crippen LogP contribution in [0.3, 0.4) is 0 Å². The second kappa shape index (κ2) is 7.27. The molecule has 0 spiro atoms. The van der Waals surface area contributed by atoms with Crippen LogP contribution in [-0.2, 0) is 38.5 Å². The minimum absolute atomic E-state index is 0.992. The van der Waals surface area contributed by atoms with Gasteiger partial charge in [0.05, 0.1) is 0 Å². The fourth-order valence-corrected chi connectivity index (χ4v) is 7.86. The van der Waals surface area contributed by atoms with Crippen molar-refractivity contribution in [3.8, 4) is 0 Å². The Balaban J connectivity index is 1.44. The lowest BCUT2D eigenvalue weighted by Crippen LogP contribution is -2.02. The molecule has 0 radical (unpaired) electrons. The van der Waals surface area contributed by atoms with E-state index in [0.717, 1.165) is 16.4 Å². The standard InChI is InChI=1S/C22H30P2/c1-15-17-9-3-5-11-19(17)21(23-15)13-7-8-14-22-20-12-6-4-10-18(20)16(2)24-22/h7-8,23-24H,3-6,9-14H2,1-2H3/b8-7+. The molecule has 0 fully saturated rings. The third kappa shape index (κ3) is 3.21. The molecule has 2 aliphatic rings. The van der Waals surface area contributed by atoms with Gasteiger partial charge in [0, 0.05) is 0 Å². The summed E-state index contributed by atoms with van der Waals surface area (Å²) in [5.74, 6) is 0. The first-order valence-corrected chi connectivity index (χ1v) is 11.8. The molecule has 128 valence electrons. The highest BCUT2D eigenvalue weighted by molar-refractivity contribution is 7.32. The van der Waals surface area contributed by atoms with E-state index in [2.05, 4.69) is 26.0 Å². The first-order chi connectivity index (χ1) is 11.7. The Labute approximate surface area is 150 Å². The van der Waals surface area contributed by atoms with E-state index in [1.165, 1.54) is 64.2 Å². The van der Waals surface area contributed by atoms with E-state index in [1.807, 2.05) is 0 Å². The fraction of sp³-hybridized carbons (Fsp3) is 0.545. The summed E-state index contributed by atoms with van der Waals surface area (Å²) in [4.78, 5) is 0. The van der Waals surface area contributed by atoms with E-state index < -0.39 is 0 Å². The summed E-state index contributed by atoms with van der Waals surface area (Å²) >= 11 is 0. The molecule has 0 saturated heterocycles. The predicted octanol–water partition coefficient (Wildman–Crippen LogP) is 6.47. The maximum absolute atomic E-state index is 2.48. The van der Waals surface area contributed by atoms with Crippen LogP contribution in [0.2, 0.25) is 0 Å². The normalized spacial score (nSPS) is 17.9. The van der Waals surface area contributed by atoms with Gasteiger partial charge in [0.2, 0.25) is 0 Å². The van der Waals surface area contributed by atoms with Crippen LogP contribution in [0.4, 0.5) is 0 Å². The van der Waals surface area contributed by atoms with Crippen LogP contribution in [0.15, 0.2) is 12.2 Å². The Morgan fingerprint density at radius 1 is 0.625 bits per heavy atom. The minimum Gasteiger partial charge on any atom is -0.133 e. The highest BCUT2D eigenvalue weighted by Crippen LogP contribution is 2.39. The van der Waals surface area contributed by atoms with Gasteiger partial charge in [-0.1, -0.05) is 12.2 Å². The summed E-state index contributed by atoms with van der Waals surface area (Å²) in [5, 5.41) is 6.92. The quantitative estimate of drug-likeness (QED) is 0.551. The van der Waals surface area contributed by atoms with E-state index in [4.69, 9.17) is 0 Å². The smallest absolute Gasteiger partial charge is 0.00593 e. The van der Waals surface area contributed by atoms with Gasteiger partial charge in [0.1, 0.15) is 0 Å². The zero-order valence-electron chi connectivity index (χ0n) is 15.2. The molecular formula is C22H30P2. The summed E-state index contributed by atoms with van der Waals surface area (Å²) in [6.45, 7) is 4.75. The lowest BCUT2D eigenvalue weighted by molar-refractivity contribution is 0.683. The van der Waals surface area contributed by atoms with Crippen molar-refractivity contribution in [3.63, 3.8) is 0 Å². The molecule has 0 bridgehead atoms. The Hall–Kier alpha value is -0.700. The van der Waals surface area contributed by atoms with Crippen LogP contribution < -0.4 is 0 Å². The SMILES string of the molecule is Cc1[pH]c(C/C=C/Cc2[pH]c(C)c3c2CCCC3)c2c1CCCC2. The zero-order chi connectivity index (χ0) is 16.5. The van der Waals surface area contributed by atoms with Crippen molar-refractivity contribution >= 4 is 16.4 Å². The number of allylic oxidation sites excluding steroid dienone is 2. The lowest BCUT2D eigenvalue weighted by atomic mass is 9.91. The molecule has 0 amide bonds. The monoisotopic (exact) mass is 356 g/mol. The summed E-state index contributed by atoms with van der Waals surface area (Å²) in [6, 6.07) is 0. The van der Waals surface area contributed by atoms with Crippen molar-refractivity contribution in [1.82, 2.24) is 0 Å². The highest BCUT2D eigenvalue weighted by Gasteiger charge is 2.18. The number of rotatable bonds is 4. The molecule has 2 aromatic heterocycles. The first-order valence-electron chi connectivity index (χ1n) is 9.77. The average Bonchev–Trinajstić information content (AvgIpc) is 3.10. The van der Waals surface area contributed by atoms with Crippen molar-refractivity contribution in [3.05, 3.63) is 55.6 Å². The maximum atomic E-state index is 2.48. The fourth-order valence-electron chi connectivity index (χ4n) is 4.81. The van der Waals surface area contributed by atoms with Gasteiger partial charge in [-0.05, 0) is 121 Å². The second-order valence-corrected chi connectivity index (χ2v) is 10.9. The molecule has 2 aromatic rings. The van der Waals surface area contributed by atoms with E-state index in [9.17, 15) is 0 Å². The van der Waals surface area contributed by atoms with Crippen LogP contribution >= 0.6 is 16.4 Å². The molecule has 0 saturated carbocycles. The lowest BCUT2D eigenvalue weighted by Gasteiger charge is -2.14. The molecule has 4 rings (SSSR count). The van der Waals surface area contributed by atoms with Crippen LogP contribution in [0.5, 0.6) is 0 Å². The molecule has 0 nitrogen and oxygen atoms in total. The summed E-state index contributed by atoms with van der Waals surface area (Å²) < 4.78 is 0. The van der Waals surface area contributed by atoms with Crippen LogP contribution in [0.1, 0.15) is 69.1 Å². The molecule has 24 heavy (non-hydrogen) atoms. The molecule has 0 aromatic carbocycles. The van der Waals surface area contributed by atoms with Crippen molar-refractivity contribution in [2.24, 2.45) is 0 Å². The average molecular weight is 356 g/mol. The summed E-state index contributed by atoms with van der Waals surface area (Å²) in [6.07, 6.45) is 18.4. The molecule has 2 aliphatic carbocycles. The number of aryl methyl sites for hydroxylation is 2. The summed E-state index contributed by atoms with van der Waals surface area (Å²) in [5.41, 5.74) is 7.02. The molecule has 2 heteroatoms. The maximum Gasteiger partial charge on any atom is -0.00593 e. The van der Waals surface area contributed by atoms with Gasteiger partial charge >= 0.3 is 0 Å². The Bertz CT molecular complexity index is 693. The first kappa shape index (κ1) is 16.8. The van der Waals surface area contributed by atoms with E-state index in [-0.39, 0.29) is 0 Å². The van der Waals surface area contributed by atoms with Gasteiger partial charge in [0.25, 0.3) is 0 Å². The largest absolute Gasteiger partial charge is 0.133 e. The van der Waals surface area contributed by atoms with Crippen molar-refractivity contribution < 1.29 is 0 Å². The van der Waals surface area contributed by atoms with Crippen LogP contribution in [0.25, 0.3) is 0 Å². The van der Waals surface area contributed by atoms with E-state index in [0.29, 0.717) is 0 Å². The van der Waals surface area contributed by atoms with Crippen molar-refractivity contribution in [2.75, 3.05) is 0 Å². The van der Waals surface area contributed by atoms with Gasteiger partial charge < -0.3 is 0 Å². The van der Waals surface area contributed by atoms with Crippen LogP contribution in [-0.4, -0.2) is 0 Å². The number of hydrogen-bond acceptors (Lipinski definition) is 0. The molecule has 2 unspecified atom stereocenters. The molecule has 0 N–H and O–H groups in total. The Morgan fingerprint density at radius 2 is 1.00 bits per heavy atom. The molecular weight excluding hydrogens is 326 g/mol. The van der Waals surface area contributed by atoms with Crippen molar-refractivity contribution in [2.45, 2.75) is 78.1 Å². The van der Waals surface area contributed by atoms with Gasteiger partial charge in [-0.2, -0.15) is 0 Å². The molecule has 2 heterocycles. The van der Waals surface area contributed by atoms with Gasteiger partial charge in [-0.25, -0.2) is 0 Å². The van der Waals surface area contributed by atoms with Gasteiger partial charge in [-0.3, -0.25) is 0 Å². The molecule has 0 aliphatic heterocycles. The van der Waals surface area contributed by atoms with Gasteiger partial charge in [-0.15, -0.1) is 16.4 Å². The van der Waals surface area contributed by atoms with E-state index >= 15 is 0 Å². The van der Waals surface area contributed by atoms with Crippen molar-refractivity contribution in [1.29, 1.82) is 0 Å². The second-order valence-electron chi connectivity index (χ2n) is 7.67. The number of fused-ring (bicyclic) bond motifs is 2. The van der Waals surface area contributed by atoms with Gasteiger partial charge in [0.15, 0.2) is 0 Å². The summed E-state index contributed by atoms with van der Waals surface area (Å²) in [7, 11) is 1.98. The van der Waals surface area contributed by atoms with E-state index in [1.54, 1.807) is 43.4 Å². The van der Waals surface area contributed by atoms with Crippen LogP contribution in [0, 0.1) is 13.8 Å². The highest BCUT2D eigenvalue weighted by atomic mass is 31.0. The number of hydrogen-bond donors (Lipinski definition) is 0. The molecule has 2 atom stereocenters. The zero-order valence-corrected chi connectivity index (χ0v) is 17.2.